The number of aromatic nitrogens is 2. The fourth-order valence-corrected chi connectivity index (χ4v) is 1.80. The van der Waals surface area contributed by atoms with E-state index in [1.807, 2.05) is 18.2 Å². The molecule has 2 N–H and O–H groups in total. The standard InChI is InChI=1S/C13H12ClN3O2/c1-8-11(12(18)19)7-16-13(17-8)15-6-9-3-2-4-10(14)5-9/h2-5,7H,6H2,1H3,(H,18,19)(H,15,16,17). The molecule has 0 aliphatic rings. The molecule has 0 saturated heterocycles. The van der Waals surface area contributed by atoms with Crippen molar-refractivity contribution >= 4 is 23.5 Å². The predicted molar refractivity (Wildman–Crippen MR) is 72.5 cm³/mol. The van der Waals surface area contributed by atoms with Crippen LogP contribution >= 0.6 is 11.6 Å². The van der Waals surface area contributed by atoms with E-state index < -0.39 is 5.97 Å². The van der Waals surface area contributed by atoms with Crippen LogP contribution in [-0.4, -0.2) is 21.0 Å². The molecule has 19 heavy (non-hydrogen) atoms. The number of halogens is 1. The first-order valence-corrected chi connectivity index (χ1v) is 5.99. The van der Waals surface area contributed by atoms with E-state index in [4.69, 9.17) is 16.7 Å². The molecular weight excluding hydrogens is 266 g/mol. The quantitative estimate of drug-likeness (QED) is 0.899. The molecule has 0 radical (unpaired) electrons. The lowest BCUT2D eigenvalue weighted by molar-refractivity contribution is 0.0695. The van der Waals surface area contributed by atoms with Crippen LogP contribution in [0.1, 0.15) is 21.6 Å². The van der Waals surface area contributed by atoms with Gasteiger partial charge in [-0.05, 0) is 24.6 Å². The van der Waals surface area contributed by atoms with Gasteiger partial charge in [-0.3, -0.25) is 0 Å². The Bertz CT molecular complexity index is 617. The van der Waals surface area contributed by atoms with Crippen molar-refractivity contribution in [1.82, 2.24) is 9.97 Å². The summed E-state index contributed by atoms with van der Waals surface area (Å²) in [7, 11) is 0. The zero-order valence-corrected chi connectivity index (χ0v) is 11.0. The van der Waals surface area contributed by atoms with Crippen molar-refractivity contribution in [1.29, 1.82) is 0 Å². The van der Waals surface area contributed by atoms with Crippen LogP contribution in [0.2, 0.25) is 5.02 Å². The monoisotopic (exact) mass is 277 g/mol. The van der Waals surface area contributed by atoms with E-state index in [0.717, 1.165) is 5.56 Å². The van der Waals surface area contributed by atoms with Gasteiger partial charge in [0.25, 0.3) is 0 Å². The minimum atomic E-state index is -1.03. The first-order chi connectivity index (χ1) is 9.06. The van der Waals surface area contributed by atoms with Crippen LogP contribution in [-0.2, 0) is 6.54 Å². The van der Waals surface area contributed by atoms with Gasteiger partial charge in [0.2, 0.25) is 5.95 Å². The predicted octanol–water partition coefficient (Wildman–Crippen LogP) is 2.75. The van der Waals surface area contributed by atoms with E-state index in [1.54, 1.807) is 13.0 Å². The summed E-state index contributed by atoms with van der Waals surface area (Å²) in [6, 6.07) is 7.43. The number of anilines is 1. The van der Waals surface area contributed by atoms with Crippen LogP contribution < -0.4 is 5.32 Å². The van der Waals surface area contributed by atoms with E-state index >= 15 is 0 Å². The van der Waals surface area contributed by atoms with Gasteiger partial charge in [-0.2, -0.15) is 0 Å². The Morgan fingerprint density at radius 3 is 2.89 bits per heavy atom. The number of benzene rings is 1. The maximum atomic E-state index is 10.8. The largest absolute Gasteiger partial charge is 0.478 e. The second kappa shape index (κ2) is 5.67. The van der Waals surface area contributed by atoms with Crippen LogP contribution in [0.5, 0.6) is 0 Å². The number of rotatable bonds is 4. The number of carbonyl (C=O) groups is 1. The number of nitrogens with one attached hydrogen (secondary N) is 1. The third-order valence-electron chi connectivity index (χ3n) is 2.55. The van der Waals surface area contributed by atoms with E-state index in [-0.39, 0.29) is 5.56 Å². The summed E-state index contributed by atoms with van der Waals surface area (Å²) in [6.07, 6.45) is 1.30. The maximum absolute atomic E-state index is 10.8. The molecule has 0 bridgehead atoms. The number of hydrogen-bond donors (Lipinski definition) is 2. The summed E-state index contributed by atoms with van der Waals surface area (Å²) in [6.45, 7) is 2.15. The van der Waals surface area contributed by atoms with Crippen LogP contribution in [0.4, 0.5) is 5.95 Å². The van der Waals surface area contributed by atoms with Crippen LogP contribution in [0.3, 0.4) is 0 Å². The highest BCUT2D eigenvalue weighted by molar-refractivity contribution is 6.30. The van der Waals surface area contributed by atoms with Gasteiger partial charge in [0.15, 0.2) is 0 Å². The molecule has 1 aromatic heterocycles. The Balaban J connectivity index is 2.08. The summed E-state index contributed by atoms with van der Waals surface area (Å²) < 4.78 is 0. The molecule has 2 aromatic rings. The highest BCUT2D eigenvalue weighted by atomic mass is 35.5. The second-order valence-corrected chi connectivity index (χ2v) is 4.42. The summed E-state index contributed by atoms with van der Waals surface area (Å²) in [5.74, 6) is -0.638. The molecule has 0 atom stereocenters. The van der Waals surface area contributed by atoms with Crippen molar-refractivity contribution in [3.05, 3.63) is 52.3 Å². The zero-order chi connectivity index (χ0) is 13.8. The Labute approximate surface area is 115 Å². The highest BCUT2D eigenvalue weighted by Crippen LogP contribution is 2.12. The Morgan fingerprint density at radius 1 is 1.47 bits per heavy atom. The molecule has 5 nitrogen and oxygen atoms in total. The summed E-state index contributed by atoms with van der Waals surface area (Å²) >= 11 is 5.88. The SMILES string of the molecule is Cc1nc(NCc2cccc(Cl)c2)ncc1C(=O)O. The van der Waals surface area contributed by atoms with Crippen molar-refractivity contribution in [2.24, 2.45) is 0 Å². The molecule has 1 heterocycles. The number of aromatic carboxylic acids is 1. The number of aryl methyl sites for hydroxylation is 1. The molecule has 2 rings (SSSR count). The van der Waals surface area contributed by atoms with E-state index in [1.165, 1.54) is 6.20 Å². The topological polar surface area (TPSA) is 75.1 Å². The van der Waals surface area contributed by atoms with Gasteiger partial charge in [-0.25, -0.2) is 14.8 Å². The molecule has 0 amide bonds. The van der Waals surface area contributed by atoms with Crippen molar-refractivity contribution in [2.45, 2.75) is 13.5 Å². The molecule has 1 aromatic carbocycles. The van der Waals surface area contributed by atoms with Gasteiger partial charge < -0.3 is 10.4 Å². The molecular formula is C13H12ClN3O2. The third-order valence-corrected chi connectivity index (χ3v) is 2.78. The normalized spacial score (nSPS) is 10.2. The molecule has 6 heteroatoms. The fourth-order valence-electron chi connectivity index (χ4n) is 1.59. The van der Waals surface area contributed by atoms with Gasteiger partial charge in [0, 0.05) is 17.8 Å². The average Bonchev–Trinajstić information content (AvgIpc) is 2.36. The van der Waals surface area contributed by atoms with Crippen LogP contribution in [0, 0.1) is 6.92 Å². The number of nitrogens with zero attached hydrogens (tertiary/aromatic N) is 2. The number of carboxylic acids is 1. The molecule has 98 valence electrons. The lowest BCUT2D eigenvalue weighted by atomic mass is 10.2. The van der Waals surface area contributed by atoms with E-state index in [2.05, 4.69) is 15.3 Å². The Morgan fingerprint density at radius 2 is 2.26 bits per heavy atom. The van der Waals surface area contributed by atoms with E-state index in [9.17, 15) is 4.79 Å². The van der Waals surface area contributed by atoms with Gasteiger partial charge in [-0.1, -0.05) is 23.7 Å². The van der Waals surface area contributed by atoms with Crippen LogP contribution in [0.15, 0.2) is 30.5 Å². The molecule has 0 spiro atoms. The molecule has 0 fully saturated rings. The Hall–Kier alpha value is -2.14. The fraction of sp³-hybridized carbons (Fsp3) is 0.154. The zero-order valence-electron chi connectivity index (χ0n) is 10.2. The van der Waals surface area contributed by atoms with Gasteiger partial charge in [0.1, 0.15) is 0 Å². The molecule has 0 aliphatic carbocycles. The third kappa shape index (κ3) is 3.42. The van der Waals surface area contributed by atoms with Crippen molar-refractivity contribution in [3.63, 3.8) is 0 Å². The second-order valence-electron chi connectivity index (χ2n) is 3.98. The highest BCUT2D eigenvalue weighted by Gasteiger charge is 2.09. The van der Waals surface area contributed by atoms with E-state index in [0.29, 0.717) is 23.2 Å². The summed E-state index contributed by atoms with van der Waals surface area (Å²) in [5.41, 5.74) is 1.53. The lowest BCUT2D eigenvalue weighted by Crippen LogP contribution is -2.08. The van der Waals surface area contributed by atoms with Gasteiger partial charge in [0.05, 0.1) is 11.3 Å². The summed E-state index contributed by atoms with van der Waals surface area (Å²) in [4.78, 5) is 18.9. The first kappa shape index (κ1) is 13.3. The van der Waals surface area contributed by atoms with Gasteiger partial charge in [-0.15, -0.1) is 0 Å². The smallest absolute Gasteiger partial charge is 0.339 e. The average molecular weight is 278 g/mol. The minimum Gasteiger partial charge on any atom is -0.478 e. The summed E-state index contributed by atoms with van der Waals surface area (Å²) in [5, 5.41) is 12.6. The van der Waals surface area contributed by atoms with Crippen molar-refractivity contribution in [2.75, 3.05) is 5.32 Å². The lowest BCUT2D eigenvalue weighted by Gasteiger charge is -2.07. The van der Waals surface area contributed by atoms with Crippen LogP contribution in [0.25, 0.3) is 0 Å². The Kier molecular flexibility index (Phi) is 3.97. The van der Waals surface area contributed by atoms with Crippen molar-refractivity contribution < 1.29 is 9.90 Å². The first-order valence-electron chi connectivity index (χ1n) is 5.61. The molecule has 0 aliphatic heterocycles. The van der Waals surface area contributed by atoms with Gasteiger partial charge >= 0.3 is 5.97 Å². The molecule has 0 saturated carbocycles. The minimum absolute atomic E-state index is 0.105. The molecule has 0 unspecified atom stereocenters. The maximum Gasteiger partial charge on any atom is 0.339 e. The van der Waals surface area contributed by atoms with Crippen molar-refractivity contribution in [3.8, 4) is 0 Å². The number of carboxylic acid groups (broad SMARTS) is 1. The number of hydrogen-bond acceptors (Lipinski definition) is 4.